The van der Waals surface area contributed by atoms with Gasteiger partial charge in [0.25, 0.3) is 0 Å². The Morgan fingerprint density at radius 1 is 1.04 bits per heavy atom. The van der Waals surface area contributed by atoms with Crippen molar-refractivity contribution in [3.8, 4) is 0 Å². The number of halogens is 1. The van der Waals surface area contributed by atoms with Crippen LogP contribution in [0, 0.1) is 34.5 Å². The summed E-state index contributed by atoms with van der Waals surface area (Å²) in [5.41, 5.74) is 2.96. The number of aliphatic hydroxyl groups is 1. The Morgan fingerprint density at radius 3 is 2.64 bits per heavy atom. The van der Waals surface area contributed by atoms with Gasteiger partial charge in [0.2, 0.25) is 0 Å². The second-order valence-corrected chi connectivity index (χ2v) is 11.5. The Labute approximate surface area is 174 Å². The molecule has 3 heteroatoms. The smallest absolute Gasteiger partial charge is 0.0622 e. The first kappa shape index (κ1) is 19.1. The molecule has 4 aliphatic carbocycles. The highest BCUT2D eigenvalue weighted by Gasteiger charge is 2.59. The Balaban J connectivity index is 1.43. The van der Waals surface area contributed by atoms with Crippen molar-refractivity contribution in [1.29, 1.82) is 0 Å². The van der Waals surface area contributed by atoms with Gasteiger partial charge in [0, 0.05) is 12.4 Å². The van der Waals surface area contributed by atoms with Crippen molar-refractivity contribution in [1.82, 2.24) is 4.98 Å². The van der Waals surface area contributed by atoms with Gasteiger partial charge >= 0.3 is 0 Å². The molecular formula is C25H34ClNO. The van der Waals surface area contributed by atoms with Gasteiger partial charge in [-0.25, -0.2) is 0 Å². The first-order chi connectivity index (χ1) is 13.2. The van der Waals surface area contributed by atoms with E-state index >= 15 is 0 Å². The van der Waals surface area contributed by atoms with Gasteiger partial charge in [-0.1, -0.05) is 31.5 Å². The molecule has 7 atom stereocenters. The molecule has 4 aliphatic rings. The van der Waals surface area contributed by atoms with Crippen LogP contribution in [-0.2, 0) is 0 Å². The van der Waals surface area contributed by atoms with E-state index in [-0.39, 0.29) is 5.41 Å². The maximum absolute atomic E-state index is 10.7. The lowest BCUT2D eigenvalue weighted by Gasteiger charge is -2.61. The molecule has 1 aromatic heterocycles. The molecule has 1 heterocycles. The molecule has 1 unspecified atom stereocenters. The summed E-state index contributed by atoms with van der Waals surface area (Å²) in [6, 6.07) is 2.10. The molecule has 1 aromatic rings. The molecule has 28 heavy (non-hydrogen) atoms. The van der Waals surface area contributed by atoms with Crippen LogP contribution in [0.4, 0.5) is 0 Å². The molecule has 0 amide bonds. The Morgan fingerprint density at radius 2 is 1.86 bits per heavy atom. The lowest BCUT2D eigenvalue weighted by Crippen LogP contribution is -2.55. The quantitative estimate of drug-likeness (QED) is 0.582. The maximum Gasteiger partial charge on any atom is 0.0622 e. The Hall–Kier alpha value is -0.860. The Kier molecular flexibility index (Phi) is 4.31. The molecule has 2 nitrogen and oxygen atoms in total. The van der Waals surface area contributed by atoms with Crippen molar-refractivity contribution in [3.63, 3.8) is 0 Å². The number of nitrogens with zero attached hydrogens (tertiary/aromatic N) is 1. The summed E-state index contributed by atoms with van der Waals surface area (Å²) in [7, 11) is 0. The number of hydrogen-bond acceptors (Lipinski definition) is 2. The molecule has 3 saturated carbocycles. The standard InChI is InChI=1S/C25H34ClNO/c1-23(28)10-11-24(2)17(13-23)4-5-19-21-7-6-20(16-12-18(26)15-27-14-16)25(21,3)9-8-22(19)24/h6,12,14-15,17,19,21-22,28H,4-5,7-11,13H2,1-3H3/t17?,19-,21-,22-,23+,24-,25+/m0/s1. The topological polar surface area (TPSA) is 33.1 Å². The number of aromatic nitrogens is 1. The van der Waals surface area contributed by atoms with Gasteiger partial charge < -0.3 is 5.11 Å². The fourth-order valence-electron chi connectivity index (χ4n) is 8.01. The third kappa shape index (κ3) is 2.74. The third-order valence-electron chi connectivity index (χ3n) is 9.55. The Bertz CT molecular complexity index is 817. The lowest BCUT2D eigenvalue weighted by atomic mass is 9.44. The van der Waals surface area contributed by atoms with Crippen molar-refractivity contribution in [3.05, 3.63) is 35.1 Å². The van der Waals surface area contributed by atoms with Crippen LogP contribution >= 0.6 is 11.6 Å². The zero-order chi connectivity index (χ0) is 19.7. The molecule has 0 bridgehead atoms. The molecule has 3 fully saturated rings. The van der Waals surface area contributed by atoms with E-state index in [1.807, 2.05) is 6.20 Å². The van der Waals surface area contributed by atoms with E-state index in [4.69, 9.17) is 11.6 Å². The van der Waals surface area contributed by atoms with E-state index in [9.17, 15) is 5.11 Å². The van der Waals surface area contributed by atoms with Crippen molar-refractivity contribution in [2.24, 2.45) is 34.5 Å². The minimum absolute atomic E-state index is 0.261. The van der Waals surface area contributed by atoms with Crippen molar-refractivity contribution < 1.29 is 5.11 Å². The maximum atomic E-state index is 10.7. The van der Waals surface area contributed by atoms with Gasteiger partial charge in [-0.2, -0.15) is 0 Å². The zero-order valence-electron chi connectivity index (χ0n) is 17.5. The largest absolute Gasteiger partial charge is 0.390 e. The summed E-state index contributed by atoms with van der Waals surface area (Å²) in [6.45, 7) is 7.13. The zero-order valence-corrected chi connectivity index (χ0v) is 18.3. The van der Waals surface area contributed by atoms with E-state index in [1.165, 1.54) is 49.7 Å². The predicted octanol–water partition coefficient (Wildman–Crippen LogP) is 6.52. The highest BCUT2D eigenvalue weighted by molar-refractivity contribution is 6.30. The van der Waals surface area contributed by atoms with Gasteiger partial charge in [0.05, 0.1) is 10.6 Å². The number of allylic oxidation sites excluding steroid dienone is 2. The van der Waals surface area contributed by atoms with E-state index in [0.717, 1.165) is 35.6 Å². The van der Waals surface area contributed by atoms with E-state index in [0.29, 0.717) is 11.3 Å². The average Bonchev–Trinajstić information content (AvgIpc) is 2.99. The summed E-state index contributed by atoms with van der Waals surface area (Å²) >= 11 is 6.26. The minimum atomic E-state index is -0.443. The van der Waals surface area contributed by atoms with Crippen molar-refractivity contribution >= 4 is 17.2 Å². The van der Waals surface area contributed by atoms with Crippen LogP contribution < -0.4 is 0 Å². The fraction of sp³-hybridized carbons (Fsp3) is 0.720. The third-order valence-corrected chi connectivity index (χ3v) is 9.76. The molecule has 0 radical (unpaired) electrons. The minimum Gasteiger partial charge on any atom is -0.390 e. The van der Waals surface area contributed by atoms with Gasteiger partial charge in [-0.15, -0.1) is 0 Å². The van der Waals surface area contributed by atoms with Gasteiger partial charge in [0.1, 0.15) is 0 Å². The number of hydrogen-bond donors (Lipinski definition) is 1. The number of fused-ring (bicyclic) bond motifs is 5. The molecular weight excluding hydrogens is 366 g/mol. The van der Waals surface area contributed by atoms with Crippen molar-refractivity contribution in [2.45, 2.75) is 77.7 Å². The molecule has 0 spiro atoms. The summed E-state index contributed by atoms with van der Waals surface area (Å²) in [5.74, 6) is 3.10. The van der Waals surface area contributed by atoms with Gasteiger partial charge in [-0.05, 0) is 110 Å². The van der Waals surface area contributed by atoms with E-state index in [2.05, 4.69) is 37.9 Å². The second-order valence-electron chi connectivity index (χ2n) is 11.1. The van der Waals surface area contributed by atoms with Crippen LogP contribution in [0.2, 0.25) is 5.02 Å². The molecule has 0 aliphatic heterocycles. The molecule has 0 saturated heterocycles. The van der Waals surface area contributed by atoms with Gasteiger partial charge in [-0.3, -0.25) is 4.98 Å². The van der Waals surface area contributed by atoms with Crippen LogP contribution in [0.5, 0.6) is 0 Å². The lowest BCUT2D eigenvalue weighted by molar-refractivity contribution is -0.138. The molecule has 5 rings (SSSR count). The van der Waals surface area contributed by atoms with Crippen molar-refractivity contribution in [2.75, 3.05) is 0 Å². The van der Waals surface area contributed by atoms with Crippen LogP contribution in [0.25, 0.3) is 5.57 Å². The van der Waals surface area contributed by atoms with Crippen LogP contribution in [0.3, 0.4) is 0 Å². The van der Waals surface area contributed by atoms with Crippen LogP contribution in [0.1, 0.15) is 77.7 Å². The monoisotopic (exact) mass is 399 g/mol. The average molecular weight is 400 g/mol. The first-order valence-corrected chi connectivity index (χ1v) is 11.6. The summed E-state index contributed by atoms with van der Waals surface area (Å²) in [4.78, 5) is 4.36. The van der Waals surface area contributed by atoms with E-state index in [1.54, 1.807) is 6.20 Å². The van der Waals surface area contributed by atoms with Crippen LogP contribution in [0.15, 0.2) is 24.5 Å². The van der Waals surface area contributed by atoms with E-state index < -0.39 is 5.60 Å². The fourth-order valence-corrected chi connectivity index (χ4v) is 8.18. The highest BCUT2D eigenvalue weighted by atomic mass is 35.5. The van der Waals surface area contributed by atoms with Gasteiger partial charge in [0.15, 0.2) is 0 Å². The SMILES string of the molecule is C[C@@]1(O)CC[C@@]2(C)C(CC[C@@H]3[C@@H]2CC[C@]2(C)C(c4cncc(Cl)c4)=CC[C@@H]32)C1. The summed E-state index contributed by atoms with van der Waals surface area (Å²) < 4.78 is 0. The highest BCUT2D eigenvalue weighted by Crippen LogP contribution is 2.68. The second kappa shape index (κ2) is 6.32. The molecule has 152 valence electrons. The number of rotatable bonds is 1. The number of pyridine rings is 1. The first-order valence-electron chi connectivity index (χ1n) is 11.3. The predicted molar refractivity (Wildman–Crippen MR) is 115 cm³/mol. The molecule has 1 N–H and O–H groups in total. The van der Waals surface area contributed by atoms with Crippen LogP contribution in [-0.4, -0.2) is 15.7 Å². The normalized spacial score (nSPS) is 47.7. The molecule has 0 aromatic carbocycles. The summed E-state index contributed by atoms with van der Waals surface area (Å²) in [5, 5.41) is 11.4. The summed E-state index contributed by atoms with van der Waals surface area (Å²) in [6.07, 6.45) is 15.9.